The van der Waals surface area contributed by atoms with Crippen molar-refractivity contribution in [3.05, 3.63) is 54.1 Å². The van der Waals surface area contributed by atoms with Crippen molar-refractivity contribution in [1.82, 2.24) is 34.3 Å². The normalized spacial score (nSPS) is 11.0. The van der Waals surface area contributed by atoms with E-state index in [0.29, 0.717) is 17.0 Å². The van der Waals surface area contributed by atoms with Crippen molar-refractivity contribution in [3.63, 3.8) is 0 Å². The average molecular weight is 362 g/mol. The van der Waals surface area contributed by atoms with Crippen molar-refractivity contribution in [2.75, 3.05) is 5.32 Å². The van der Waals surface area contributed by atoms with Gasteiger partial charge in [0.05, 0.1) is 22.6 Å². The smallest absolute Gasteiger partial charge is 0.261 e. The molecular formula is C18H18N8O. The zero-order valence-electron chi connectivity index (χ0n) is 15.0. The summed E-state index contributed by atoms with van der Waals surface area (Å²) in [6, 6.07) is 7.41. The van der Waals surface area contributed by atoms with Crippen LogP contribution in [0.4, 0.5) is 5.95 Å². The van der Waals surface area contributed by atoms with Crippen LogP contribution in [0.1, 0.15) is 29.4 Å². The first-order valence-corrected chi connectivity index (χ1v) is 8.64. The van der Waals surface area contributed by atoms with Gasteiger partial charge >= 0.3 is 0 Å². The lowest BCUT2D eigenvalue weighted by atomic mass is 10.2. The molecule has 9 nitrogen and oxygen atoms in total. The zero-order chi connectivity index (χ0) is 18.8. The van der Waals surface area contributed by atoms with Crippen LogP contribution < -0.4 is 5.32 Å². The van der Waals surface area contributed by atoms with E-state index in [4.69, 9.17) is 0 Å². The number of pyridine rings is 1. The average Bonchev–Trinajstić information content (AvgIpc) is 3.25. The van der Waals surface area contributed by atoms with Crippen LogP contribution in [0.3, 0.4) is 0 Å². The Morgan fingerprint density at radius 2 is 2.04 bits per heavy atom. The molecule has 0 aliphatic rings. The maximum Gasteiger partial charge on any atom is 0.261 e. The Labute approximate surface area is 155 Å². The number of nitrogens with one attached hydrogen (secondary N) is 1. The lowest BCUT2D eigenvalue weighted by Gasteiger charge is -2.01. The molecule has 0 bridgehead atoms. The molecule has 0 aliphatic heterocycles. The van der Waals surface area contributed by atoms with Gasteiger partial charge in [-0.15, -0.1) is 5.10 Å². The van der Waals surface area contributed by atoms with Gasteiger partial charge < -0.3 is 0 Å². The van der Waals surface area contributed by atoms with E-state index in [1.165, 1.54) is 0 Å². The van der Waals surface area contributed by atoms with Gasteiger partial charge in [0.2, 0.25) is 0 Å². The molecule has 1 N–H and O–H groups in total. The minimum atomic E-state index is -0.301. The van der Waals surface area contributed by atoms with E-state index in [-0.39, 0.29) is 11.9 Å². The zero-order valence-corrected chi connectivity index (χ0v) is 15.0. The Hall–Kier alpha value is -3.62. The number of amides is 1. The number of fused-ring (bicyclic) bond motifs is 1. The fourth-order valence-electron chi connectivity index (χ4n) is 2.81. The Kier molecular flexibility index (Phi) is 4.33. The van der Waals surface area contributed by atoms with E-state index < -0.39 is 0 Å². The molecule has 0 aromatic carbocycles. The molecule has 0 fully saturated rings. The second-order valence-electron chi connectivity index (χ2n) is 6.04. The van der Waals surface area contributed by atoms with Gasteiger partial charge in [0.25, 0.3) is 17.6 Å². The molecule has 1 amide bonds. The quantitative estimate of drug-likeness (QED) is 0.584. The van der Waals surface area contributed by atoms with Crippen molar-refractivity contribution < 1.29 is 4.79 Å². The summed E-state index contributed by atoms with van der Waals surface area (Å²) in [6.07, 6.45) is 6.02. The summed E-state index contributed by atoms with van der Waals surface area (Å²) in [7, 11) is 0. The first kappa shape index (κ1) is 16.8. The number of rotatable bonds is 5. The minimum Gasteiger partial charge on any atom is -0.289 e. The van der Waals surface area contributed by atoms with Gasteiger partial charge in [0.15, 0.2) is 0 Å². The van der Waals surface area contributed by atoms with E-state index in [1.807, 2.05) is 18.2 Å². The van der Waals surface area contributed by atoms with Crippen LogP contribution >= 0.6 is 0 Å². The van der Waals surface area contributed by atoms with Crippen LogP contribution in [-0.4, -0.2) is 40.3 Å². The summed E-state index contributed by atoms with van der Waals surface area (Å²) >= 11 is 0. The number of carbonyl (C=O) groups excluding carboxylic acids is 1. The van der Waals surface area contributed by atoms with Crippen molar-refractivity contribution >= 4 is 17.6 Å². The second kappa shape index (κ2) is 6.94. The first-order valence-electron chi connectivity index (χ1n) is 8.64. The van der Waals surface area contributed by atoms with Crippen LogP contribution in [-0.2, 0) is 6.54 Å². The predicted octanol–water partition coefficient (Wildman–Crippen LogP) is 2.35. The van der Waals surface area contributed by atoms with Crippen LogP contribution in [0.15, 0.2) is 42.9 Å². The number of aryl methyl sites for hydroxylation is 2. The van der Waals surface area contributed by atoms with Gasteiger partial charge in [-0.3, -0.25) is 19.8 Å². The molecule has 4 aromatic rings. The van der Waals surface area contributed by atoms with Gasteiger partial charge in [-0.05, 0) is 31.5 Å². The number of hydrogen-bond donors (Lipinski definition) is 1. The fourth-order valence-corrected chi connectivity index (χ4v) is 2.81. The summed E-state index contributed by atoms with van der Waals surface area (Å²) < 4.78 is 3.33. The number of carbonyl (C=O) groups is 1. The molecule has 4 aromatic heterocycles. The van der Waals surface area contributed by atoms with E-state index in [9.17, 15) is 4.79 Å². The predicted molar refractivity (Wildman–Crippen MR) is 99.2 cm³/mol. The minimum absolute atomic E-state index is 0.179. The van der Waals surface area contributed by atoms with Crippen molar-refractivity contribution in [3.8, 4) is 11.4 Å². The fraction of sp³-hybridized carbons (Fsp3) is 0.222. The van der Waals surface area contributed by atoms with E-state index >= 15 is 0 Å². The molecule has 27 heavy (non-hydrogen) atoms. The lowest BCUT2D eigenvalue weighted by Crippen LogP contribution is -2.13. The Morgan fingerprint density at radius 1 is 1.15 bits per heavy atom. The van der Waals surface area contributed by atoms with Crippen molar-refractivity contribution in [2.24, 2.45) is 0 Å². The van der Waals surface area contributed by atoms with E-state index in [2.05, 4.69) is 37.4 Å². The van der Waals surface area contributed by atoms with Crippen LogP contribution in [0.5, 0.6) is 0 Å². The van der Waals surface area contributed by atoms with Crippen LogP contribution in [0, 0.1) is 6.92 Å². The molecule has 0 spiro atoms. The SMILES string of the molecule is CCCn1cc(C(=O)Nc2nc3nccc(-c4ccccn4)n3n2)c(C)n1. The van der Waals surface area contributed by atoms with E-state index in [1.54, 1.807) is 40.8 Å². The monoisotopic (exact) mass is 362 g/mol. The highest BCUT2D eigenvalue weighted by Crippen LogP contribution is 2.17. The molecular weight excluding hydrogens is 344 g/mol. The largest absolute Gasteiger partial charge is 0.289 e. The van der Waals surface area contributed by atoms with E-state index in [0.717, 1.165) is 24.4 Å². The molecule has 0 aliphatic carbocycles. The number of anilines is 1. The number of aromatic nitrogens is 7. The third-order valence-electron chi connectivity index (χ3n) is 4.04. The lowest BCUT2D eigenvalue weighted by molar-refractivity contribution is 0.102. The second-order valence-corrected chi connectivity index (χ2v) is 6.04. The summed E-state index contributed by atoms with van der Waals surface area (Å²) in [4.78, 5) is 25.4. The third kappa shape index (κ3) is 3.26. The highest BCUT2D eigenvalue weighted by molar-refractivity contribution is 6.04. The maximum atomic E-state index is 12.6. The highest BCUT2D eigenvalue weighted by Gasteiger charge is 2.17. The molecule has 4 heterocycles. The van der Waals surface area contributed by atoms with Gasteiger partial charge in [-0.2, -0.15) is 14.6 Å². The number of nitrogens with zero attached hydrogens (tertiary/aromatic N) is 7. The molecule has 0 saturated carbocycles. The standard InChI is InChI=1S/C18H18N8O/c1-3-10-25-11-13(12(2)23-25)16(27)21-17-22-18-20-9-7-15(26(18)24-17)14-6-4-5-8-19-14/h4-9,11H,3,10H2,1-2H3,(H,21,24,27). The molecule has 0 radical (unpaired) electrons. The maximum absolute atomic E-state index is 12.6. The Balaban J connectivity index is 1.64. The summed E-state index contributed by atoms with van der Waals surface area (Å²) in [5.74, 6) is 0.260. The molecule has 136 valence electrons. The van der Waals surface area contributed by atoms with Crippen molar-refractivity contribution in [1.29, 1.82) is 0 Å². The molecule has 0 atom stereocenters. The summed E-state index contributed by atoms with van der Waals surface area (Å²) in [6.45, 7) is 4.63. The van der Waals surface area contributed by atoms with Gasteiger partial charge in [0.1, 0.15) is 0 Å². The Morgan fingerprint density at radius 3 is 2.81 bits per heavy atom. The van der Waals surface area contributed by atoms with Gasteiger partial charge in [-0.25, -0.2) is 4.98 Å². The molecule has 9 heteroatoms. The van der Waals surface area contributed by atoms with Gasteiger partial charge in [-0.1, -0.05) is 13.0 Å². The highest BCUT2D eigenvalue weighted by atomic mass is 16.1. The van der Waals surface area contributed by atoms with Crippen LogP contribution in [0.25, 0.3) is 17.2 Å². The summed E-state index contributed by atoms with van der Waals surface area (Å²) in [5, 5.41) is 11.4. The molecule has 4 rings (SSSR count). The third-order valence-corrected chi connectivity index (χ3v) is 4.04. The summed E-state index contributed by atoms with van der Waals surface area (Å²) in [5.41, 5.74) is 2.64. The van der Waals surface area contributed by atoms with Crippen LogP contribution in [0.2, 0.25) is 0 Å². The van der Waals surface area contributed by atoms with Gasteiger partial charge in [0, 0.05) is 25.1 Å². The molecule has 0 unspecified atom stereocenters. The Bertz CT molecular complexity index is 1100. The number of hydrogen-bond acceptors (Lipinski definition) is 6. The topological polar surface area (TPSA) is 103 Å². The molecule has 0 saturated heterocycles. The first-order chi connectivity index (χ1) is 13.2. The van der Waals surface area contributed by atoms with Crippen molar-refractivity contribution in [2.45, 2.75) is 26.8 Å².